The molecule has 0 aromatic heterocycles. The molecule has 0 spiro atoms. The number of amides is 1. The molecule has 2 fully saturated rings. The van der Waals surface area contributed by atoms with Gasteiger partial charge in [-0.3, -0.25) is 14.5 Å². The molecule has 2 unspecified atom stereocenters. The van der Waals surface area contributed by atoms with Crippen LogP contribution in [0.2, 0.25) is 0 Å². The van der Waals surface area contributed by atoms with Crippen LogP contribution in [0.15, 0.2) is 24.3 Å². The minimum absolute atomic E-state index is 0.0419. The second-order valence-corrected chi connectivity index (χ2v) is 7.79. The number of carbonyl (C=O) groups is 2. The van der Waals surface area contributed by atoms with Crippen LogP contribution in [0.25, 0.3) is 0 Å². The van der Waals surface area contributed by atoms with Crippen molar-refractivity contribution in [1.82, 2.24) is 9.80 Å². The number of halogens is 1. The van der Waals surface area contributed by atoms with Crippen LogP contribution >= 0.6 is 0 Å². The van der Waals surface area contributed by atoms with Crippen molar-refractivity contribution in [2.75, 3.05) is 37.6 Å². The lowest BCUT2D eigenvalue weighted by Gasteiger charge is -2.42. The van der Waals surface area contributed by atoms with Gasteiger partial charge in [-0.1, -0.05) is 0 Å². The Morgan fingerprint density at radius 3 is 2.43 bits per heavy atom. The van der Waals surface area contributed by atoms with Gasteiger partial charge in [0.05, 0.1) is 6.04 Å². The van der Waals surface area contributed by atoms with Gasteiger partial charge in [0.25, 0.3) is 0 Å². The SMILES string of the molecule is CC(C(=O)N1CCCCC1CCC(=O)O)N1CCN(c2ccc(F)cc2)CC1. The van der Waals surface area contributed by atoms with Gasteiger partial charge >= 0.3 is 5.97 Å². The number of piperazine rings is 1. The maximum absolute atomic E-state index is 13.1. The van der Waals surface area contributed by atoms with E-state index < -0.39 is 5.97 Å². The van der Waals surface area contributed by atoms with Gasteiger partial charge in [-0.2, -0.15) is 0 Å². The number of carbonyl (C=O) groups excluding carboxylic acids is 1. The second-order valence-electron chi connectivity index (χ2n) is 7.79. The minimum Gasteiger partial charge on any atom is -0.481 e. The predicted molar refractivity (Wildman–Crippen MR) is 106 cm³/mol. The number of carboxylic acids is 1. The fourth-order valence-electron chi connectivity index (χ4n) is 4.30. The molecule has 2 saturated heterocycles. The molecule has 1 aromatic rings. The molecule has 2 aliphatic rings. The Morgan fingerprint density at radius 2 is 1.79 bits per heavy atom. The van der Waals surface area contributed by atoms with Crippen LogP contribution < -0.4 is 4.90 Å². The van der Waals surface area contributed by atoms with E-state index in [2.05, 4.69) is 9.80 Å². The van der Waals surface area contributed by atoms with E-state index in [-0.39, 0.29) is 30.2 Å². The number of likely N-dealkylation sites (tertiary alicyclic amines) is 1. The highest BCUT2D eigenvalue weighted by Gasteiger charge is 2.33. The van der Waals surface area contributed by atoms with Crippen LogP contribution in [-0.2, 0) is 9.59 Å². The fourth-order valence-corrected chi connectivity index (χ4v) is 4.30. The number of benzene rings is 1. The molecule has 7 heteroatoms. The number of nitrogens with zero attached hydrogens (tertiary/aromatic N) is 3. The van der Waals surface area contributed by atoms with Crippen molar-refractivity contribution in [1.29, 1.82) is 0 Å². The molecule has 1 amide bonds. The highest BCUT2D eigenvalue weighted by Crippen LogP contribution is 2.24. The third-order valence-corrected chi connectivity index (χ3v) is 6.01. The maximum atomic E-state index is 13.1. The number of rotatable bonds is 6. The number of hydrogen-bond acceptors (Lipinski definition) is 4. The summed E-state index contributed by atoms with van der Waals surface area (Å²) in [5.74, 6) is -0.922. The van der Waals surface area contributed by atoms with E-state index in [0.29, 0.717) is 6.42 Å². The molecule has 3 rings (SSSR count). The summed E-state index contributed by atoms with van der Waals surface area (Å²) >= 11 is 0. The van der Waals surface area contributed by atoms with Gasteiger partial charge in [-0.05, 0) is 56.9 Å². The Labute approximate surface area is 165 Å². The van der Waals surface area contributed by atoms with Crippen molar-refractivity contribution in [3.8, 4) is 0 Å². The summed E-state index contributed by atoms with van der Waals surface area (Å²) in [4.78, 5) is 30.4. The molecule has 0 aliphatic carbocycles. The van der Waals surface area contributed by atoms with Gasteiger partial charge in [-0.15, -0.1) is 0 Å². The zero-order valence-electron chi connectivity index (χ0n) is 16.5. The highest BCUT2D eigenvalue weighted by atomic mass is 19.1. The standard InChI is InChI=1S/C21H30FN3O3/c1-16(21(28)25-11-3-2-4-19(25)9-10-20(26)27)23-12-14-24(15-13-23)18-7-5-17(22)6-8-18/h5-8,16,19H,2-4,9-15H2,1H3,(H,26,27). The third kappa shape index (κ3) is 5.01. The van der Waals surface area contributed by atoms with Gasteiger partial charge in [0.1, 0.15) is 5.82 Å². The summed E-state index contributed by atoms with van der Waals surface area (Å²) < 4.78 is 13.1. The van der Waals surface area contributed by atoms with Crippen LogP contribution in [0.4, 0.5) is 10.1 Å². The Morgan fingerprint density at radius 1 is 1.11 bits per heavy atom. The van der Waals surface area contributed by atoms with E-state index in [1.165, 1.54) is 12.1 Å². The van der Waals surface area contributed by atoms with Crippen molar-refractivity contribution < 1.29 is 19.1 Å². The zero-order chi connectivity index (χ0) is 20.1. The quantitative estimate of drug-likeness (QED) is 0.808. The van der Waals surface area contributed by atoms with Crippen molar-refractivity contribution in [2.45, 2.75) is 51.1 Å². The number of piperidine rings is 1. The lowest BCUT2D eigenvalue weighted by molar-refractivity contribution is -0.143. The first-order valence-corrected chi connectivity index (χ1v) is 10.2. The van der Waals surface area contributed by atoms with Crippen molar-refractivity contribution in [3.05, 3.63) is 30.1 Å². The van der Waals surface area contributed by atoms with E-state index in [0.717, 1.165) is 57.7 Å². The molecule has 2 atom stereocenters. The molecule has 0 radical (unpaired) electrons. The largest absolute Gasteiger partial charge is 0.481 e. The van der Waals surface area contributed by atoms with Gasteiger partial charge in [0.2, 0.25) is 5.91 Å². The van der Waals surface area contributed by atoms with Crippen LogP contribution in [0.5, 0.6) is 0 Å². The van der Waals surface area contributed by atoms with E-state index >= 15 is 0 Å². The van der Waals surface area contributed by atoms with E-state index in [1.807, 2.05) is 11.8 Å². The minimum atomic E-state index is -0.803. The number of hydrogen-bond donors (Lipinski definition) is 1. The second kappa shape index (κ2) is 9.37. The molecular formula is C21H30FN3O3. The maximum Gasteiger partial charge on any atom is 0.303 e. The molecular weight excluding hydrogens is 361 g/mol. The van der Waals surface area contributed by atoms with Crippen molar-refractivity contribution in [3.63, 3.8) is 0 Å². The Bertz CT molecular complexity index is 674. The molecule has 2 aliphatic heterocycles. The Balaban J connectivity index is 1.55. The number of anilines is 1. The predicted octanol–water partition coefficient (Wildman–Crippen LogP) is 2.58. The Hall–Kier alpha value is -2.15. The molecule has 154 valence electrons. The van der Waals surface area contributed by atoms with Crippen molar-refractivity contribution >= 4 is 17.6 Å². The molecule has 2 heterocycles. The third-order valence-electron chi connectivity index (χ3n) is 6.01. The zero-order valence-corrected chi connectivity index (χ0v) is 16.5. The normalized spacial score (nSPS) is 22.1. The summed E-state index contributed by atoms with van der Waals surface area (Å²) in [6.45, 7) is 5.83. The van der Waals surface area contributed by atoms with Crippen LogP contribution in [0.1, 0.15) is 39.0 Å². The highest BCUT2D eigenvalue weighted by molar-refractivity contribution is 5.82. The summed E-state index contributed by atoms with van der Waals surface area (Å²) in [7, 11) is 0. The average molecular weight is 391 g/mol. The topological polar surface area (TPSA) is 64.1 Å². The van der Waals surface area contributed by atoms with Crippen LogP contribution in [-0.4, -0.2) is 71.6 Å². The van der Waals surface area contributed by atoms with Crippen LogP contribution in [0.3, 0.4) is 0 Å². The first kappa shape index (κ1) is 20.6. The molecule has 0 saturated carbocycles. The molecule has 28 heavy (non-hydrogen) atoms. The first-order chi connectivity index (χ1) is 13.5. The first-order valence-electron chi connectivity index (χ1n) is 10.2. The monoisotopic (exact) mass is 391 g/mol. The molecule has 0 bridgehead atoms. The number of aliphatic carboxylic acids is 1. The van der Waals surface area contributed by atoms with E-state index in [4.69, 9.17) is 5.11 Å². The molecule has 1 N–H and O–H groups in total. The van der Waals surface area contributed by atoms with Crippen LogP contribution in [0, 0.1) is 5.82 Å². The van der Waals surface area contributed by atoms with Gasteiger partial charge < -0.3 is 14.9 Å². The summed E-state index contributed by atoms with van der Waals surface area (Å²) in [5.41, 5.74) is 1.00. The van der Waals surface area contributed by atoms with Crippen molar-refractivity contribution in [2.24, 2.45) is 0 Å². The summed E-state index contributed by atoms with van der Waals surface area (Å²) in [6.07, 6.45) is 3.58. The lowest BCUT2D eigenvalue weighted by Crippen LogP contribution is -2.56. The number of carboxylic acid groups (broad SMARTS) is 1. The Kier molecular flexibility index (Phi) is 6.88. The van der Waals surface area contributed by atoms with Gasteiger partial charge in [-0.25, -0.2) is 4.39 Å². The summed E-state index contributed by atoms with van der Waals surface area (Å²) in [6, 6.07) is 6.37. The smallest absolute Gasteiger partial charge is 0.303 e. The molecule has 6 nitrogen and oxygen atoms in total. The average Bonchev–Trinajstić information content (AvgIpc) is 2.72. The molecule has 1 aromatic carbocycles. The van der Waals surface area contributed by atoms with E-state index in [1.54, 1.807) is 12.1 Å². The van der Waals surface area contributed by atoms with E-state index in [9.17, 15) is 14.0 Å². The van der Waals surface area contributed by atoms with Gasteiger partial charge in [0.15, 0.2) is 0 Å². The van der Waals surface area contributed by atoms with Gasteiger partial charge in [0, 0.05) is 50.9 Å². The lowest BCUT2D eigenvalue weighted by atomic mass is 9.97. The summed E-state index contributed by atoms with van der Waals surface area (Å²) in [5, 5.41) is 8.98. The fraction of sp³-hybridized carbons (Fsp3) is 0.619.